The number of amidine groups is 1. The summed E-state index contributed by atoms with van der Waals surface area (Å²) in [6.07, 6.45) is 0.856. The average molecular weight is 225 g/mol. The third-order valence-corrected chi connectivity index (χ3v) is 3.00. The molecule has 0 radical (unpaired) electrons. The van der Waals surface area contributed by atoms with Crippen LogP contribution in [0.2, 0.25) is 5.02 Å². The van der Waals surface area contributed by atoms with Gasteiger partial charge in [-0.15, -0.1) is 0 Å². The number of hydrogen-bond donors (Lipinski definition) is 1. The van der Waals surface area contributed by atoms with Gasteiger partial charge in [-0.1, -0.05) is 30.7 Å². The van der Waals surface area contributed by atoms with Gasteiger partial charge in [0.2, 0.25) is 0 Å². The fourth-order valence-corrected chi connectivity index (χ4v) is 1.89. The second-order valence-corrected chi connectivity index (χ2v) is 4.07. The van der Waals surface area contributed by atoms with E-state index in [2.05, 4.69) is 11.9 Å². The van der Waals surface area contributed by atoms with Gasteiger partial charge in [0.15, 0.2) is 0 Å². The Labute approximate surface area is 93.9 Å². The van der Waals surface area contributed by atoms with Gasteiger partial charge in [0.25, 0.3) is 6.02 Å². The molecular weight excluding hydrogens is 212 g/mol. The maximum atomic E-state index is 5.84. The van der Waals surface area contributed by atoms with E-state index in [-0.39, 0.29) is 11.6 Å². The molecule has 1 aromatic rings. The lowest BCUT2D eigenvalue weighted by Crippen LogP contribution is -2.24. The fourth-order valence-electron chi connectivity index (χ4n) is 1.76. The predicted octanol–water partition coefficient (Wildman–Crippen LogP) is 2.29. The van der Waals surface area contributed by atoms with Crippen LogP contribution < -0.4 is 5.73 Å². The molecule has 1 unspecified atom stereocenters. The van der Waals surface area contributed by atoms with Crippen molar-refractivity contribution in [3.8, 4) is 0 Å². The average Bonchev–Trinajstić information content (AvgIpc) is 2.62. The van der Waals surface area contributed by atoms with Gasteiger partial charge < -0.3 is 10.5 Å². The highest BCUT2D eigenvalue weighted by Gasteiger charge is 2.35. The van der Waals surface area contributed by atoms with Gasteiger partial charge in [-0.2, -0.15) is 0 Å². The van der Waals surface area contributed by atoms with Crippen molar-refractivity contribution in [2.75, 3.05) is 6.61 Å². The van der Waals surface area contributed by atoms with Crippen LogP contribution in [-0.2, 0) is 10.3 Å². The molecule has 0 saturated carbocycles. The van der Waals surface area contributed by atoms with Crippen molar-refractivity contribution in [3.63, 3.8) is 0 Å². The smallest absolute Gasteiger partial charge is 0.283 e. The van der Waals surface area contributed by atoms with E-state index in [9.17, 15) is 0 Å². The van der Waals surface area contributed by atoms with Gasteiger partial charge in [-0.25, -0.2) is 4.99 Å². The van der Waals surface area contributed by atoms with Crippen LogP contribution in [0.25, 0.3) is 0 Å². The summed E-state index contributed by atoms with van der Waals surface area (Å²) < 4.78 is 5.24. The van der Waals surface area contributed by atoms with Crippen LogP contribution in [-0.4, -0.2) is 12.6 Å². The summed E-state index contributed by atoms with van der Waals surface area (Å²) in [4.78, 5) is 4.37. The highest BCUT2D eigenvalue weighted by Crippen LogP contribution is 2.33. The molecule has 4 heteroatoms. The number of nitrogens with two attached hydrogens (primary N) is 1. The molecule has 15 heavy (non-hydrogen) atoms. The van der Waals surface area contributed by atoms with Crippen molar-refractivity contribution in [2.45, 2.75) is 18.9 Å². The number of rotatable bonds is 2. The SMILES string of the molecule is CCC1(c2ccc(Cl)cc2)COC(N)=N1. The van der Waals surface area contributed by atoms with Gasteiger partial charge in [0.1, 0.15) is 12.1 Å². The quantitative estimate of drug-likeness (QED) is 0.838. The molecule has 1 aliphatic rings. The van der Waals surface area contributed by atoms with E-state index >= 15 is 0 Å². The molecule has 0 aliphatic carbocycles. The zero-order valence-electron chi connectivity index (χ0n) is 8.53. The number of ether oxygens (including phenoxy) is 1. The van der Waals surface area contributed by atoms with Crippen LogP contribution >= 0.6 is 11.6 Å². The monoisotopic (exact) mass is 224 g/mol. The van der Waals surface area contributed by atoms with E-state index in [1.54, 1.807) is 0 Å². The summed E-state index contributed by atoms with van der Waals surface area (Å²) in [5.74, 6) is 0. The molecular formula is C11H13ClN2O. The fraction of sp³-hybridized carbons (Fsp3) is 0.364. The summed E-state index contributed by atoms with van der Waals surface area (Å²) in [6.45, 7) is 2.58. The molecule has 3 nitrogen and oxygen atoms in total. The van der Waals surface area contributed by atoms with Crippen molar-refractivity contribution >= 4 is 17.6 Å². The lowest BCUT2D eigenvalue weighted by atomic mass is 9.89. The molecule has 80 valence electrons. The van der Waals surface area contributed by atoms with E-state index in [4.69, 9.17) is 22.1 Å². The molecule has 0 spiro atoms. The number of aliphatic imine (C=N–C) groups is 1. The second kappa shape index (κ2) is 3.74. The summed E-state index contributed by atoms with van der Waals surface area (Å²) in [5.41, 5.74) is 6.32. The number of hydrogen-bond acceptors (Lipinski definition) is 3. The minimum Gasteiger partial charge on any atom is -0.462 e. The van der Waals surface area contributed by atoms with Crippen LogP contribution in [0.5, 0.6) is 0 Å². The summed E-state index contributed by atoms with van der Waals surface area (Å²) in [7, 11) is 0. The third kappa shape index (κ3) is 1.79. The van der Waals surface area contributed by atoms with Gasteiger partial charge >= 0.3 is 0 Å². The van der Waals surface area contributed by atoms with Gasteiger partial charge in [-0.3, -0.25) is 0 Å². The van der Waals surface area contributed by atoms with Gasteiger partial charge in [0, 0.05) is 5.02 Å². The van der Waals surface area contributed by atoms with E-state index in [1.165, 1.54) is 0 Å². The topological polar surface area (TPSA) is 47.6 Å². The predicted molar refractivity (Wildman–Crippen MR) is 61.0 cm³/mol. The molecule has 1 aromatic carbocycles. The molecule has 1 heterocycles. The van der Waals surface area contributed by atoms with Crippen molar-refractivity contribution in [2.24, 2.45) is 10.7 Å². The summed E-state index contributed by atoms with van der Waals surface area (Å²) in [6, 6.07) is 7.93. The van der Waals surface area contributed by atoms with E-state index in [0.29, 0.717) is 6.61 Å². The number of benzene rings is 1. The Kier molecular flexibility index (Phi) is 2.57. The van der Waals surface area contributed by atoms with Gasteiger partial charge in [-0.05, 0) is 24.1 Å². The zero-order valence-corrected chi connectivity index (χ0v) is 9.29. The first-order valence-corrected chi connectivity index (χ1v) is 5.28. The Morgan fingerprint density at radius 2 is 2.13 bits per heavy atom. The van der Waals surface area contributed by atoms with Gasteiger partial charge in [0.05, 0.1) is 0 Å². The molecule has 0 bridgehead atoms. The maximum absolute atomic E-state index is 5.84. The lowest BCUT2D eigenvalue weighted by molar-refractivity contribution is 0.249. The lowest BCUT2D eigenvalue weighted by Gasteiger charge is -2.22. The number of halogens is 1. The molecule has 2 rings (SSSR count). The number of nitrogens with zero attached hydrogens (tertiary/aromatic N) is 1. The molecule has 0 aromatic heterocycles. The zero-order chi connectivity index (χ0) is 10.9. The Bertz CT molecular complexity index is 388. The second-order valence-electron chi connectivity index (χ2n) is 3.63. The van der Waals surface area contributed by atoms with Crippen molar-refractivity contribution in [1.29, 1.82) is 0 Å². The molecule has 0 fully saturated rings. The van der Waals surface area contributed by atoms with Crippen LogP contribution in [0, 0.1) is 0 Å². The van der Waals surface area contributed by atoms with Crippen molar-refractivity contribution < 1.29 is 4.74 Å². The highest BCUT2D eigenvalue weighted by molar-refractivity contribution is 6.30. The van der Waals surface area contributed by atoms with Crippen LogP contribution in [0.15, 0.2) is 29.3 Å². The Balaban J connectivity index is 2.39. The molecule has 0 amide bonds. The minimum absolute atomic E-state index is 0.270. The standard InChI is InChI=1S/C11H13ClN2O/c1-2-11(7-15-10(13)14-11)8-3-5-9(12)6-4-8/h3-6H,2,7H2,1H3,(H2,13,14). The Morgan fingerprint density at radius 3 is 2.60 bits per heavy atom. The first kappa shape index (κ1) is 10.3. The first-order valence-electron chi connectivity index (χ1n) is 4.90. The minimum atomic E-state index is -0.325. The van der Waals surface area contributed by atoms with Crippen molar-refractivity contribution in [3.05, 3.63) is 34.9 Å². The van der Waals surface area contributed by atoms with Crippen molar-refractivity contribution in [1.82, 2.24) is 0 Å². The molecule has 1 atom stereocenters. The van der Waals surface area contributed by atoms with Crippen LogP contribution in [0.4, 0.5) is 0 Å². The first-order chi connectivity index (χ1) is 7.16. The van der Waals surface area contributed by atoms with E-state index < -0.39 is 0 Å². The van der Waals surface area contributed by atoms with Crippen LogP contribution in [0.3, 0.4) is 0 Å². The highest BCUT2D eigenvalue weighted by atomic mass is 35.5. The Hall–Kier alpha value is -1.22. The van der Waals surface area contributed by atoms with E-state index in [1.807, 2.05) is 24.3 Å². The molecule has 0 saturated heterocycles. The summed E-state index contributed by atoms with van der Waals surface area (Å²) >= 11 is 5.84. The third-order valence-electron chi connectivity index (χ3n) is 2.75. The maximum Gasteiger partial charge on any atom is 0.283 e. The largest absolute Gasteiger partial charge is 0.462 e. The van der Waals surface area contributed by atoms with E-state index in [0.717, 1.165) is 17.0 Å². The Morgan fingerprint density at radius 1 is 1.47 bits per heavy atom. The normalized spacial score (nSPS) is 24.8. The molecule has 1 aliphatic heterocycles. The summed E-state index contributed by atoms with van der Waals surface area (Å²) in [5, 5.41) is 0.723. The van der Waals surface area contributed by atoms with Crippen LogP contribution in [0.1, 0.15) is 18.9 Å². The molecule has 2 N–H and O–H groups in total.